The van der Waals surface area contributed by atoms with E-state index in [4.69, 9.17) is 16.1 Å². The molecule has 2 aromatic heterocycles. The Hall–Kier alpha value is -3.12. The maximum Gasteiger partial charge on any atom is 0.268 e. The maximum absolute atomic E-state index is 12.7. The van der Waals surface area contributed by atoms with Crippen molar-refractivity contribution in [2.24, 2.45) is 0 Å². The summed E-state index contributed by atoms with van der Waals surface area (Å²) >= 11 is 6.05. The lowest BCUT2D eigenvalue weighted by Gasteiger charge is -2.11. The van der Waals surface area contributed by atoms with Gasteiger partial charge in [0, 0.05) is 21.2 Å². The predicted molar refractivity (Wildman–Crippen MR) is 108 cm³/mol. The number of H-pyrrole nitrogens is 1. The Morgan fingerprint density at radius 1 is 1.36 bits per heavy atom. The highest BCUT2D eigenvalue weighted by Crippen LogP contribution is 2.45. The van der Waals surface area contributed by atoms with Gasteiger partial charge in [0.05, 0.1) is 0 Å². The Morgan fingerprint density at radius 2 is 2.11 bits per heavy atom. The molecular weight excluding hydrogens is 376 g/mol. The third-order valence-electron chi connectivity index (χ3n) is 4.72. The van der Waals surface area contributed by atoms with Gasteiger partial charge >= 0.3 is 0 Å². The zero-order chi connectivity index (χ0) is 19.7. The van der Waals surface area contributed by atoms with Crippen LogP contribution < -0.4 is 15.9 Å². The summed E-state index contributed by atoms with van der Waals surface area (Å²) < 4.78 is 5.45. The molecule has 1 aromatic carbocycles. The van der Waals surface area contributed by atoms with E-state index in [-0.39, 0.29) is 5.91 Å². The van der Waals surface area contributed by atoms with Crippen LogP contribution in [-0.4, -0.2) is 21.0 Å². The van der Waals surface area contributed by atoms with E-state index < -0.39 is 5.54 Å². The second-order valence-corrected chi connectivity index (χ2v) is 7.20. The monoisotopic (exact) mass is 394 g/mol. The molecule has 6 nitrogen and oxygen atoms in total. The van der Waals surface area contributed by atoms with Gasteiger partial charge in [0.25, 0.3) is 11.8 Å². The number of carbonyl (C=O) groups is 1. The molecule has 28 heavy (non-hydrogen) atoms. The first-order valence-corrected chi connectivity index (χ1v) is 9.32. The first-order chi connectivity index (χ1) is 13.5. The molecule has 0 radical (unpaired) electrons. The molecule has 1 amide bonds. The molecule has 3 aromatic rings. The van der Waals surface area contributed by atoms with E-state index in [2.05, 4.69) is 27.0 Å². The number of aromatic nitrogens is 3. The average Bonchev–Trinajstić information content (AvgIpc) is 3.14. The van der Waals surface area contributed by atoms with Crippen molar-refractivity contribution in [3.63, 3.8) is 0 Å². The zero-order valence-corrected chi connectivity index (χ0v) is 16.1. The molecule has 1 aliphatic rings. The lowest BCUT2D eigenvalue weighted by atomic mass is 10.2. The van der Waals surface area contributed by atoms with E-state index in [0.717, 1.165) is 23.6 Å². The number of aromatic amines is 1. The molecule has 2 N–H and O–H groups in total. The van der Waals surface area contributed by atoms with Gasteiger partial charge in [-0.05, 0) is 31.9 Å². The fraction of sp³-hybridized carbons (Fsp3) is 0.190. The highest BCUT2D eigenvalue weighted by molar-refractivity contribution is 6.33. The lowest BCUT2D eigenvalue weighted by Crippen LogP contribution is -2.35. The van der Waals surface area contributed by atoms with Crippen molar-refractivity contribution < 1.29 is 9.32 Å². The van der Waals surface area contributed by atoms with Gasteiger partial charge in [-0.3, -0.25) is 4.79 Å². The number of carbonyl (C=O) groups excluding carboxylic acids is 1. The fourth-order valence-corrected chi connectivity index (χ4v) is 3.04. The second kappa shape index (κ2) is 7.13. The quantitative estimate of drug-likeness (QED) is 0.697. The standard InChI is InChI=1S/C21H19ClN4O2/c1-3-16(22)11-15-12-17(23-13(15)2)19(27)25-21(9-10-21)20-24-18(26-28-20)14-7-5-4-6-8-14/h3-8,11-12,23H,2,9-10H2,1H3,(H,25,27)/b15-11-,16-3+. The van der Waals surface area contributed by atoms with E-state index in [0.29, 0.717) is 27.8 Å². The summed E-state index contributed by atoms with van der Waals surface area (Å²) in [6.45, 7) is 5.76. The summed E-state index contributed by atoms with van der Waals surface area (Å²) in [6, 6.07) is 11.3. The topological polar surface area (TPSA) is 83.8 Å². The predicted octanol–water partition coefficient (Wildman–Crippen LogP) is 2.82. The van der Waals surface area contributed by atoms with E-state index in [1.165, 1.54) is 0 Å². The minimum Gasteiger partial charge on any atom is -0.351 e. The number of benzene rings is 1. The number of allylic oxidation sites excluding steroid dienone is 2. The molecule has 2 heterocycles. The van der Waals surface area contributed by atoms with Crippen LogP contribution in [0.2, 0.25) is 0 Å². The molecule has 0 bridgehead atoms. The maximum atomic E-state index is 12.7. The van der Waals surface area contributed by atoms with Crippen LogP contribution >= 0.6 is 11.6 Å². The van der Waals surface area contributed by atoms with Gasteiger partial charge in [0.2, 0.25) is 5.82 Å². The summed E-state index contributed by atoms with van der Waals surface area (Å²) in [5.41, 5.74) is 0.659. The summed E-state index contributed by atoms with van der Waals surface area (Å²) in [7, 11) is 0. The van der Waals surface area contributed by atoms with Crippen molar-refractivity contribution in [2.75, 3.05) is 0 Å². The van der Waals surface area contributed by atoms with Crippen molar-refractivity contribution in [3.8, 4) is 11.4 Å². The first-order valence-electron chi connectivity index (χ1n) is 8.94. The summed E-state index contributed by atoms with van der Waals surface area (Å²) in [5.74, 6) is 0.678. The number of nitrogens with one attached hydrogen (secondary N) is 2. The van der Waals surface area contributed by atoms with Crippen LogP contribution in [0.5, 0.6) is 0 Å². The van der Waals surface area contributed by atoms with Crippen molar-refractivity contribution in [1.82, 2.24) is 20.4 Å². The number of nitrogens with zero attached hydrogens (tertiary/aromatic N) is 2. The number of hydrogen-bond acceptors (Lipinski definition) is 4. The summed E-state index contributed by atoms with van der Waals surface area (Å²) in [6.07, 6.45) is 5.02. The molecule has 1 saturated carbocycles. The molecule has 1 fully saturated rings. The number of rotatable bonds is 5. The minimum absolute atomic E-state index is 0.252. The Morgan fingerprint density at radius 3 is 2.79 bits per heavy atom. The van der Waals surface area contributed by atoms with Gasteiger partial charge in [-0.25, -0.2) is 0 Å². The third-order valence-corrected chi connectivity index (χ3v) is 5.05. The molecule has 7 heteroatoms. The van der Waals surface area contributed by atoms with E-state index in [9.17, 15) is 4.79 Å². The van der Waals surface area contributed by atoms with Gasteiger partial charge in [-0.1, -0.05) is 59.7 Å². The molecule has 4 rings (SSSR count). The van der Waals surface area contributed by atoms with Crippen molar-refractivity contribution in [3.05, 3.63) is 69.7 Å². The molecule has 0 spiro atoms. The molecule has 1 aliphatic carbocycles. The number of amides is 1. The van der Waals surface area contributed by atoms with Crippen molar-refractivity contribution >= 4 is 30.2 Å². The zero-order valence-electron chi connectivity index (χ0n) is 15.3. The summed E-state index contributed by atoms with van der Waals surface area (Å²) in [5, 5.41) is 9.04. The molecule has 0 unspecified atom stereocenters. The normalized spacial score (nSPS) is 16.2. The minimum atomic E-state index is -0.617. The fourth-order valence-electron chi connectivity index (χ4n) is 2.92. The smallest absolute Gasteiger partial charge is 0.268 e. The van der Waals surface area contributed by atoms with Crippen LogP contribution in [0.4, 0.5) is 0 Å². The highest BCUT2D eigenvalue weighted by Gasteiger charge is 2.51. The van der Waals surface area contributed by atoms with Gasteiger partial charge in [-0.2, -0.15) is 4.98 Å². The molecular formula is C21H19ClN4O2. The van der Waals surface area contributed by atoms with Crippen LogP contribution in [0.1, 0.15) is 36.1 Å². The Labute approximate surface area is 166 Å². The molecule has 0 aliphatic heterocycles. The highest BCUT2D eigenvalue weighted by atomic mass is 35.5. The van der Waals surface area contributed by atoms with Crippen LogP contribution in [0, 0.1) is 0 Å². The Kier molecular flexibility index (Phi) is 4.65. The van der Waals surface area contributed by atoms with E-state index >= 15 is 0 Å². The molecule has 142 valence electrons. The second-order valence-electron chi connectivity index (χ2n) is 6.76. The van der Waals surface area contributed by atoms with Crippen LogP contribution in [0.25, 0.3) is 24.0 Å². The van der Waals surface area contributed by atoms with Crippen LogP contribution in [0.15, 0.2) is 52.0 Å². The molecule has 0 saturated heterocycles. The number of halogens is 1. The van der Waals surface area contributed by atoms with Crippen molar-refractivity contribution in [2.45, 2.75) is 25.3 Å². The first kappa shape index (κ1) is 18.3. The van der Waals surface area contributed by atoms with Crippen LogP contribution in [-0.2, 0) is 5.54 Å². The van der Waals surface area contributed by atoms with Gasteiger partial charge in [0.1, 0.15) is 11.2 Å². The van der Waals surface area contributed by atoms with Gasteiger partial charge < -0.3 is 14.8 Å². The average molecular weight is 395 g/mol. The van der Waals surface area contributed by atoms with Gasteiger partial charge in [-0.15, -0.1) is 0 Å². The lowest BCUT2D eigenvalue weighted by molar-refractivity contribution is 0.0916. The van der Waals surface area contributed by atoms with E-state index in [1.54, 1.807) is 18.2 Å². The summed E-state index contributed by atoms with van der Waals surface area (Å²) in [4.78, 5) is 20.2. The van der Waals surface area contributed by atoms with Gasteiger partial charge in [0.15, 0.2) is 0 Å². The largest absolute Gasteiger partial charge is 0.351 e. The molecule has 0 atom stereocenters. The Balaban J connectivity index is 1.56. The van der Waals surface area contributed by atoms with Crippen molar-refractivity contribution in [1.29, 1.82) is 0 Å². The number of hydrogen-bond donors (Lipinski definition) is 2. The Bertz CT molecular complexity index is 1160. The van der Waals surface area contributed by atoms with E-state index in [1.807, 2.05) is 37.3 Å². The SMILES string of the molecule is C=c1[nH]c(C(=O)NC2(c3nc(-c4ccccc4)no3)CC2)c/c1=C/C(Cl)=C\C. The third kappa shape index (κ3) is 3.51. The van der Waals surface area contributed by atoms with Crippen LogP contribution in [0.3, 0.4) is 0 Å².